The molecule has 2 aromatic rings. The molecule has 0 spiro atoms. The lowest BCUT2D eigenvalue weighted by atomic mass is 10.0. The van der Waals surface area contributed by atoms with E-state index in [9.17, 15) is 9.90 Å². The molecule has 1 amide bonds. The summed E-state index contributed by atoms with van der Waals surface area (Å²) in [4.78, 5) is 27.6. The number of carbonyl (C=O) groups is 1. The third kappa shape index (κ3) is 6.96. The summed E-state index contributed by atoms with van der Waals surface area (Å²) in [5.74, 6) is 1.29. The number of rotatable bonds is 6. The highest BCUT2D eigenvalue weighted by Gasteiger charge is 2.25. The summed E-state index contributed by atoms with van der Waals surface area (Å²) in [6, 6.07) is 6.96. The molecule has 11 heteroatoms. The number of amides is 1. The summed E-state index contributed by atoms with van der Waals surface area (Å²) in [6.45, 7) is 9.50. The number of allylic oxidation sites excluding steroid dienone is 1. The lowest BCUT2D eigenvalue weighted by Gasteiger charge is -2.37. The molecule has 2 aliphatic heterocycles. The van der Waals surface area contributed by atoms with Gasteiger partial charge in [-0.25, -0.2) is 14.8 Å². The van der Waals surface area contributed by atoms with Crippen LogP contribution in [0.5, 0.6) is 5.75 Å². The molecule has 1 aromatic heterocycles. The number of phenolic OH excluding ortho intramolecular Hbond substituents is 1. The van der Waals surface area contributed by atoms with Crippen molar-refractivity contribution in [3.05, 3.63) is 71.5 Å². The maximum Gasteiger partial charge on any atom is 0.410 e. The van der Waals surface area contributed by atoms with Gasteiger partial charge in [0.05, 0.1) is 5.70 Å². The van der Waals surface area contributed by atoms with E-state index in [1.807, 2.05) is 45.3 Å². The second kappa shape index (κ2) is 12.2. The zero-order chi connectivity index (χ0) is 28.9. The van der Waals surface area contributed by atoms with Crippen LogP contribution in [0.4, 0.5) is 10.7 Å². The van der Waals surface area contributed by atoms with Gasteiger partial charge in [0.25, 0.3) is 0 Å². The van der Waals surface area contributed by atoms with E-state index in [2.05, 4.69) is 25.1 Å². The zero-order valence-corrected chi connectivity index (χ0v) is 23.7. The third-order valence-corrected chi connectivity index (χ3v) is 6.83. The first kappa shape index (κ1) is 28.6. The van der Waals surface area contributed by atoms with E-state index in [0.29, 0.717) is 62.3 Å². The molecule has 0 bridgehead atoms. The number of hydrogen-bond donors (Lipinski definition) is 4. The Hall–Kier alpha value is -4.41. The molecule has 1 aromatic carbocycles. The molecule has 1 fully saturated rings. The van der Waals surface area contributed by atoms with Crippen LogP contribution in [0.1, 0.15) is 38.3 Å². The van der Waals surface area contributed by atoms with Gasteiger partial charge in [0, 0.05) is 75.5 Å². The number of hydrogen-bond acceptors (Lipinski definition) is 10. The number of phenols is 1. The number of anilines is 1. The van der Waals surface area contributed by atoms with Gasteiger partial charge in [0.15, 0.2) is 0 Å². The number of carbonyl (C=O) groups excluding carboxylic acids is 1. The number of aromatic hydroxyl groups is 1. The first-order chi connectivity index (χ1) is 19.1. The Kier molecular flexibility index (Phi) is 8.71. The minimum Gasteiger partial charge on any atom is -0.507 e. The van der Waals surface area contributed by atoms with Crippen LogP contribution in [-0.4, -0.2) is 82.9 Å². The van der Waals surface area contributed by atoms with Crippen LogP contribution in [0.3, 0.4) is 0 Å². The van der Waals surface area contributed by atoms with Crippen LogP contribution >= 0.6 is 0 Å². The predicted molar refractivity (Wildman–Crippen MR) is 157 cm³/mol. The molecule has 11 nitrogen and oxygen atoms in total. The number of para-hydroxylation sites is 1. The zero-order valence-electron chi connectivity index (χ0n) is 23.7. The minimum atomic E-state index is -0.510. The summed E-state index contributed by atoms with van der Waals surface area (Å²) in [6.07, 6.45) is 7.97. The first-order valence-electron chi connectivity index (χ1n) is 13.5. The molecular formula is C29H40N8O3. The smallest absolute Gasteiger partial charge is 0.410 e. The van der Waals surface area contributed by atoms with Gasteiger partial charge in [-0.2, -0.15) is 0 Å². The lowest BCUT2D eigenvalue weighted by molar-refractivity contribution is 0.0270. The van der Waals surface area contributed by atoms with Crippen molar-refractivity contribution in [2.75, 3.05) is 51.2 Å². The van der Waals surface area contributed by atoms with E-state index in [-0.39, 0.29) is 11.8 Å². The fourth-order valence-electron chi connectivity index (χ4n) is 4.63. The number of nitrogens with two attached hydrogens (primary N) is 2. The number of piperazine rings is 1. The van der Waals surface area contributed by atoms with Crippen molar-refractivity contribution in [3.8, 4) is 5.75 Å². The molecule has 2 aliphatic rings. The molecule has 6 N–H and O–H groups in total. The van der Waals surface area contributed by atoms with Crippen molar-refractivity contribution in [3.63, 3.8) is 0 Å². The molecule has 0 radical (unpaired) electrons. The van der Waals surface area contributed by atoms with Gasteiger partial charge in [-0.05, 0) is 51.0 Å². The summed E-state index contributed by atoms with van der Waals surface area (Å²) in [5, 5.41) is 13.2. The quantitative estimate of drug-likeness (QED) is 0.397. The van der Waals surface area contributed by atoms with Crippen LogP contribution in [0.25, 0.3) is 11.3 Å². The Morgan fingerprint density at radius 1 is 1.05 bits per heavy atom. The maximum absolute atomic E-state index is 12.3. The van der Waals surface area contributed by atoms with Crippen LogP contribution in [-0.2, 0) is 4.74 Å². The van der Waals surface area contributed by atoms with Gasteiger partial charge in [0.2, 0.25) is 5.95 Å². The standard InChI is InChI=1S/C29H40N8O3/c1-29(2,3)40-28(39)37-11-9-20(10-12-37)21-18-33-27(34-19-21)36-15-13-35(14-16-36)24(26(31)32-4)17-23(30)22-7-5-6-8-25(22)38/h5-9,17-19,32,38H,10-16,30-31H2,1-4H3/b23-17-,26-24-. The van der Waals surface area contributed by atoms with E-state index in [0.717, 1.165) is 23.3 Å². The molecular weight excluding hydrogens is 508 g/mol. The molecule has 0 saturated carbocycles. The summed E-state index contributed by atoms with van der Waals surface area (Å²) in [5.41, 5.74) is 16.0. The number of nitrogens with zero attached hydrogens (tertiary/aromatic N) is 5. The van der Waals surface area contributed by atoms with Gasteiger partial charge in [-0.15, -0.1) is 0 Å². The van der Waals surface area contributed by atoms with Crippen LogP contribution in [0.2, 0.25) is 0 Å². The number of nitrogens with one attached hydrogen (secondary N) is 1. The average Bonchev–Trinajstić information content (AvgIpc) is 2.95. The van der Waals surface area contributed by atoms with Crippen molar-refractivity contribution >= 4 is 23.3 Å². The molecule has 40 heavy (non-hydrogen) atoms. The highest BCUT2D eigenvalue weighted by atomic mass is 16.6. The summed E-state index contributed by atoms with van der Waals surface area (Å²) in [7, 11) is 1.77. The number of benzene rings is 1. The fraction of sp³-hybridized carbons (Fsp3) is 0.414. The van der Waals surface area contributed by atoms with Crippen molar-refractivity contribution in [2.45, 2.75) is 32.8 Å². The Bertz CT molecular complexity index is 1290. The van der Waals surface area contributed by atoms with Crippen LogP contribution < -0.4 is 21.7 Å². The predicted octanol–water partition coefficient (Wildman–Crippen LogP) is 2.68. The Balaban J connectivity index is 1.38. The molecule has 0 atom stereocenters. The normalized spacial score (nSPS) is 17.2. The summed E-state index contributed by atoms with van der Waals surface area (Å²) >= 11 is 0. The Morgan fingerprint density at radius 3 is 2.30 bits per heavy atom. The first-order valence-corrected chi connectivity index (χ1v) is 13.5. The Morgan fingerprint density at radius 2 is 1.73 bits per heavy atom. The summed E-state index contributed by atoms with van der Waals surface area (Å²) < 4.78 is 5.48. The van der Waals surface area contributed by atoms with E-state index >= 15 is 0 Å². The Labute approximate surface area is 235 Å². The van der Waals surface area contributed by atoms with E-state index < -0.39 is 5.60 Å². The topological polar surface area (TPSA) is 146 Å². The van der Waals surface area contributed by atoms with E-state index in [1.165, 1.54) is 0 Å². The number of aromatic nitrogens is 2. The van der Waals surface area contributed by atoms with Crippen LogP contribution in [0.15, 0.2) is 60.3 Å². The monoisotopic (exact) mass is 548 g/mol. The van der Waals surface area contributed by atoms with Crippen molar-refractivity contribution < 1.29 is 14.6 Å². The van der Waals surface area contributed by atoms with E-state index in [4.69, 9.17) is 16.2 Å². The highest BCUT2D eigenvalue weighted by Crippen LogP contribution is 2.26. The highest BCUT2D eigenvalue weighted by molar-refractivity contribution is 5.72. The number of ether oxygens (including phenoxy) is 1. The third-order valence-electron chi connectivity index (χ3n) is 6.83. The van der Waals surface area contributed by atoms with Gasteiger partial charge in [0.1, 0.15) is 17.2 Å². The van der Waals surface area contributed by atoms with Crippen molar-refractivity contribution in [2.24, 2.45) is 11.5 Å². The molecule has 1 saturated heterocycles. The van der Waals surface area contributed by atoms with Crippen LogP contribution in [0, 0.1) is 0 Å². The molecule has 3 heterocycles. The minimum absolute atomic E-state index is 0.119. The molecule has 0 aliphatic carbocycles. The second-order valence-electron chi connectivity index (χ2n) is 10.8. The van der Waals surface area contributed by atoms with Crippen molar-refractivity contribution in [1.82, 2.24) is 25.1 Å². The lowest BCUT2D eigenvalue weighted by Crippen LogP contribution is -2.47. The van der Waals surface area contributed by atoms with Crippen molar-refractivity contribution in [1.29, 1.82) is 0 Å². The SMILES string of the molecule is CN/C(N)=C(/C=C(\N)c1ccccc1O)N1CCN(c2ncc(C3=CCN(C(=O)OC(C)(C)C)CC3)cn2)CC1. The van der Waals surface area contributed by atoms with Gasteiger partial charge < -0.3 is 41.3 Å². The second-order valence-corrected chi connectivity index (χ2v) is 10.8. The molecule has 214 valence electrons. The van der Waals surface area contributed by atoms with Gasteiger partial charge >= 0.3 is 6.09 Å². The average molecular weight is 549 g/mol. The fourth-order valence-corrected chi connectivity index (χ4v) is 4.63. The maximum atomic E-state index is 12.3. The molecule has 0 unspecified atom stereocenters. The molecule has 4 rings (SSSR count). The van der Waals surface area contributed by atoms with Gasteiger partial charge in [-0.3, -0.25) is 0 Å². The largest absolute Gasteiger partial charge is 0.507 e. The van der Waals surface area contributed by atoms with Gasteiger partial charge in [-0.1, -0.05) is 18.2 Å². The van der Waals surface area contributed by atoms with E-state index in [1.54, 1.807) is 36.2 Å².